The first-order valence-electron chi connectivity index (χ1n) is 6.54. The Balaban J connectivity index is 2.06. The van der Waals surface area contributed by atoms with Crippen molar-refractivity contribution in [2.45, 2.75) is 39.2 Å². The molecule has 2 rings (SSSR count). The summed E-state index contributed by atoms with van der Waals surface area (Å²) >= 11 is 0. The van der Waals surface area contributed by atoms with Gasteiger partial charge in [-0.05, 0) is 48.9 Å². The highest BCUT2D eigenvalue weighted by Gasteiger charge is 2.44. The summed E-state index contributed by atoms with van der Waals surface area (Å²) in [5, 5.41) is 3.63. The summed E-state index contributed by atoms with van der Waals surface area (Å²) in [5.74, 6) is 0.957. The molecule has 0 heterocycles. The zero-order valence-corrected chi connectivity index (χ0v) is 11.1. The zero-order valence-electron chi connectivity index (χ0n) is 11.1. The molecule has 0 amide bonds. The molecule has 0 radical (unpaired) electrons. The third kappa shape index (κ3) is 3.01. The maximum Gasteiger partial charge on any atom is 0.119 e. The van der Waals surface area contributed by atoms with E-state index in [0.29, 0.717) is 11.5 Å². The van der Waals surface area contributed by atoms with Crippen LogP contribution in [-0.4, -0.2) is 19.7 Å². The van der Waals surface area contributed by atoms with E-state index in [1.165, 1.54) is 18.4 Å². The Morgan fingerprint density at radius 1 is 1.41 bits per heavy atom. The predicted molar refractivity (Wildman–Crippen MR) is 71.5 cm³/mol. The molecule has 17 heavy (non-hydrogen) atoms. The fourth-order valence-corrected chi connectivity index (χ4v) is 2.39. The van der Waals surface area contributed by atoms with Crippen LogP contribution >= 0.6 is 0 Å². The van der Waals surface area contributed by atoms with E-state index in [0.717, 1.165) is 18.7 Å². The molecular formula is C15H23NO. The van der Waals surface area contributed by atoms with Crippen molar-refractivity contribution in [2.24, 2.45) is 5.41 Å². The smallest absolute Gasteiger partial charge is 0.119 e. The fraction of sp³-hybridized carbons (Fsp3) is 0.600. The van der Waals surface area contributed by atoms with Gasteiger partial charge in [-0.2, -0.15) is 0 Å². The second kappa shape index (κ2) is 5.09. The zero-order chi connectivity index (χ0) is 12.3. The number of ether oxygens (including phenoxy) is 1. The average molecular weight is 233 g/mol. The van der Waals surface area contributed by atoms with Crippen molar-refractivity contribution in [1.29, 1.82) is 0 Å². The van der Waals surface area contributed by atoms with Crippen molar-refractivity contribution >= 4 is 0 Å². The van der Waals surface area contributed by atoms with Crippen LogP contribution in [0.4, 0.5) is 0 Å². The van der Waals surface area contributed by atoms with Crippen LogP contribution in [0.5, 0.6) is 5.75 Å². The van der Waals surface area contributed by atoms with Gasteiger partial charge in [-0.1, -0.05) is 26.0 Å². The number of hydrogen-bond acceptors (Lipinski definition) is 2. The number of methoxy groups -OCH3 is 1. The molecule has 0 aliphatic heterocycles. The van der Waals surface area contributed by atoms with Crippen LogP contribution in [0.3, 0.4) is 0 Å². The highest BCUT2D eigenvalue weighted by atomic mass is 16.5. The van der Waals surface area contributed by atoms with E-state index in [9.17, 15) is 0 Å². The molecule has 1 atom stereocenters. The number of likely N-dealkylation sites (N-methyl/N-ethyl adjacent to an activating group) is 1. The molecule has 0 aromatic heterocycles. The van der Waals surface area contributed by atoms with Gasteiger partial charge in [0.15, 0.2) is 0 Å². The predicted octanol–water partition coefficient (Wildman–Crippen LogP) is 3.02. The Kier molecular flexibility index (Phi) is 3.72. The molecule has 1 aliphatic carbocycles. The highest BCUT2D eigenvalue weighted by molar-refractivity contribution is 5.29. The van der Waals surface area contributed by atoms with Crippen LogP contribution in [0.2, 0.25) is 0 Å². The van der Waals surface area contributed by atoms with Crippen molar-refractivity contribution in [3.8, 4) is 5.75 Å². The van der Waals surface area contributed by atoms with Crippen molar-refractivity contribution < 1.29 is 4.74 Å². The maximum atomic E-state index is 5.28. The van der Waals surface area contributed by atoms with Crippen LogP contribution in [0, 0.1) is 5.41 Å². The molecule has 94 valence electrons. The Morgan fingerprint density at radius 3 is 2.76 bits per heavy atom. The normalized spacial score (nSPS) is 18.8. The first kappa shape index (κ1) is 12.4. The molecular weight excluding hydrogens is 210 g/mol. The van der Waals surface area contributed by atoms with Crippen LogP contribution in [0.25, 0.3) is 0 Å². The average Bonchev–Trinajstić information content (AvgIpc) is 3.08. The van der Waals surface area contributed by atoms with E-state index in [1.54, 1.807) is 7.11 Å². The quantitative estimate of drug-likeness (QED) is 0.815. The lowest BCUT2D eigenvalue weighted by Crippen LogP contribution is -2.38. The van der Waals surface area contributed by atoms with Crippen molar-refractivity contribution in [3.05, 3.63) is 29.8 Å². The van der Waals surface area contributed by atoms with Gasteiger partial charge in [0.05, 0.1) is 7.11 Å². The largest absolute Gasteiger partial charge is 0.497 e. The lowest BCUT2D eigenvalue weighted by atomic mass is 9.92. The minimum Gasteiger partial charge on any atom is -0.497 e. The second-order valence-corrected chi connectivity index (χ2v) is 5.32. The monoisotopic (exact) mass is 233 g/mol. The van der Waals surface area contributed by atoms with Gasteiger partial charge < -0.3 is 10.1 Å². The summed E-state index contributed by atoms with van der Waals surface area (Å²) in [6.45, 7) is 5.62. The summed E-state index contributed by atoms with van der Waals surface area (Å²) < 4.78 is 5.28. The van der Waals surface area contributed by atoms with Crippen molar-refractivity contribution in [3.63, 3.8) is 0 Å². The number of rotatable bonds is 6. The van der Waals surface area contributed by atoms with Gasteiger partial charge in [-0.25, -0.2) is 0 Å². The maximum absolute atomic E-state index is 5.28. The molecule has 1 aromatic rings. The molecule has 2 nitrogen and oxygen atoms in total. The van der Waals surface area contributed by atoms with Crippen LogP contribution in [0.15, 0.2) is 24.3 Å². The van der Waals surface area contributed by atoms with Gasteiger partial charge in [0, 0.05) is 6.04 Å². The van der Waals surface area contributed by atoms with Gasteiger partial charge in [0.1, 0.15) is 5.75 Å². The second-order valence-electron chi connectivity index (χ2n) is 5.32. The third-order valence-electron chi connectivity index (χ3n) is 3.90. The molecule has 0 spiro atoms. The number of nitrogens with one attached hydrogen (secondary N) is 1. The lowest BCUT2D eigenvalue weighted by Gasteiger charge is -2.24. The van der Waals surface area contributed by atoms with E-state index in [1.807, 2.05) is 6.07 Å². The van der Waals surface area contributed by atoms with Crippen molar-refractivity contribution in [1.82, 2.24) is 5.32 Å². The molecule has 1 fully saturated rings. The van der Waals surface area contributed by atoms with Crippen LogP contribution in [0.1, 0.15) is 32.3 Å². The summed E-state index contributed by atoms with van der Waals surface area (Å²) in [4.78, 5) is 0. The molecule has 1 aromatic carbocycles. The van der Waals surface area contributed by atoms with Crippen LogP contribution in [-0.2, 0) is 6.42 Å². The Labute approximate surface area is 104 Å². The molecule has 1 saturated carbocycles. The molecule has 0 bridgehead atoms. The molecule has 0 saturated heterocycles. The summed E-state index contributed by atoms with van der Waals surface area (Å²) in [7, 11) is 1.73. The molecule has 2 heteroatoms. The lowest BCUT2D eigenvalue weighted by molar-refractivity contribution is 0.359. The molecule has 1 N–H and O–H groups in total. The topological polar surface area (TPSA) is 21.3 Å². The number of hydrogen-bond donors (Lipinski definition) is 1. The standard InChI is InChI=1S/C15H23NO/c1-4-16-14(15(2)8-9-15)11-12-6-5-7-13(10-12)17-3/h5-7,10,14,16H,4,8-9,11H2,1-3H3. The van der Waals surface area contributed by atoms with E-state index in [2.05, 4.69) is 37.4 Å². The first-order valence-corrected chi connectivity index (χ1v) is 6.54. The van der Waals surface area contributed by atoms with E-state index in [4.69, 9.17) is 4.74 Å². The summed E-state index contributed by atoms with van der Waals surface area (Å²) in [6, 6.07) is 9.02. The molecule has 1 unspecified atom stereocenters. The highest BCUT2D eigenvalue weighted by Crippen LogP contribution is 2.48. The summed E-state index contributed by atoms with van der Waals surface area (Å²) in [6.07, 6.45) is 3.81. The van der Waals surface area contributed by atoms with Crippen molar-refractivity contribution in [2.75, 3.05) is 13.7 Å². The van der Waals surface area contributed by atoms with E-state index in [-0.39, 0.29) is 0 Å². The minimum atomic E-state index is 0.513. The SMILES string of the molecule is CCNC(Cc1cccc(OC)c1)C1(C)CC1. The van der Waals surface area contributed by atoms with Gasteiger partial charge >= 0.3 is 0 Å². The van der Waals surface area contributed by atoms with Gasteiger partial charge in [-0.3, -0.25) is 0 Å². The molecule has 1 aliphatic rings. The third-order valence-corrected chi connectivity index (χ3v) is 3.90. The minimum absolute atomic E-state index is 0.513. The van der Waals surface area contributed by atoms with E-state index < -0.39 is 0 Å². The fourth-order valence-electron chi connectivity index (χ4n) is 2.39. The van der Waals surface area contributed by atoms with Crippen LogP contribution < -0.4 is 10.1 Å². The van der Waals surface area contributed by atoms with E-state index >= 15 is 0 Å². The summed E-state index contributed by atoms with van der Waals surface area (Å²) in [5.41, 5.74) is 1.88. The Bertz CT molecular complexity index is 371. The first-order chi connectivity index (χ1) is 8.18. The van der Waals surface area contributed by atoms with Gasteiger partial charge in [0.2, 0.25) is 0 Å². The number of benzene rings is 1. The Hall–Kier alpha value is -1.02. The van der Waals surface area contributed by atoms with Gasteiger partial charge in [-0.15, -0.1) is 0 Å². The Morgan fingerprint density at radius 2 is 2.18 bits per heavy atom. The van der Waals surface area contributed by atoms with Gasteiger partial charge in [0.25, 0.3) is 0 Å².